The second-order valence-corrected chi connectivity index (χ2v) is 5.70. The van der Waals surface area contributed by atoms with Gasteiger partial charge in [-0.05, 0) is 40.3 Å². The van der Waals surface area contributed by atoms with E-state index in [4.69, 9.17) is 4.74 Å². The van der Waals surface area contributed by atoms with Crippen LogP contribution in [0.3, 0.4) is 0 Å². The Balaban J connectivity index is 1.99. The first-order valence-corrected chi connectivity index (χ1v) is 6.13. The average molecular weight is 212 g/mol. The molecule has 0 bridgehead atoms. The maximum Gasteiger partial charge on any atom is 0.121 e. The van der Waals surface area contributed by atoms with E-state index in [1.165, 1.54) is 19.5 Å². The lowest BCUT2D eigenvalue weighted by Crippen LogP contribution is -2.46. The highest BCUT2D eigenvalue weighted by Crippen LogP contribution is 2.35. The van der Waals surface area contributed by atoms with Crippen LogP contribution in [0.15, 0.2) is 0 Å². The normalized spacial score (nSPS) is 41.2. The quantitative estimate of drug-likeness (QED) is 0.749. The summed E-state index contributed by atoms with van der Waals surface area (Å²) >= 11 is 0. The highest BCUT2D eigenvalue weighted by Gasteiger charge is 2.47. The summed E-state index contributed by atoms with van der Waals surface area (Å²) in [4.78, 5) is 2.51. The fourth-order valence-corrected chi connectivity index (χ4v) is 2.83. The summed E-state index contributed by atoms with van der Waals surface area (Å²) in [5, 5.41) is 3.56. The molecule has 2 rings (SSSR count). The molecule has 1 N–H and O–H groups in total. The Bertz CT molecular complexity index is 242. The van der Waals surface area contributed by atoms with Gasteiger partial charge in [-0.25, -0.2) is 0 Å². The molecule has 0 saturated carbocycles. The molecule has 2 unspecified atom stereocenters. The topological polar surface area (TPSA) is 24.5 Å². The fraction of sp³-hybridized carbons (Fsp3) is 1.00. The van der Waals surface area contributed by atoms with Gasteiger partial charge in [0.2, 0.25) is 0 Å². The van der Waals surface area contributed by atoms with Gasteiger partial charge in [0.1, 0.15) is 5.72 Å². The molecule has 2 atom stereocenters. The Hall–Kier alpha value is -0.120. The number of hydrogen-bond donors (Lipinski definition) is 1. The van der Waals surface area contributed by atoms with Crippen molar-refractivity contribution in [2.24, 2.45) is 5.92 Å². The Labute approximate surface area is 93.2 Å². The van der Waals surface area contributed by atoms with Crippen LogP contribution in [0.5, 0.6) is 0 Å². The third-order valence-corrected chi connectivity index (χ3v) is 3.85. The SMILES string of the molecule is CCN1CCC(C2(C)NCC(C)(C)O2)C1. The molecule has 0 aromatic carbocycles. The number of nitrogens with one attached hydrogen (secondary N) is 1. The molecule has 0 radical (unpaired) electrons. The van der Waals surface area contributed by atoms with Crippen molar-refractivity contribution in [3.63, 3.8) is 0 Å². The molecule has 3 nitrogen and oxygen atoms in total. The van der Waals surface area contributed by atoms with E-state index >= 15 is 0 Å². The molecule has 2 heterocycles. The van der Waals surface area contributed by atoms with Gasteiger partial charge in [0.05, 0.1) is 5.60 Å². The predicted molar refractivity (Wildman–Crippen MR) is 61.8 cm³/mol. The van der Waals surface area contributed by atoms with Crippen molar-refractivity contribution >= 4 is 0 Å². The first kappa shape index (κ1) is 11.4. The molecule has 3 heteroatoms. The maximum atomic E-state index is 6.18. The first-order chi connectivity index (χ1) is 6.95. The monoisotopic (exact) mass is 212 g/mol. The summed E-state index contributed by atoms with van der Waals surface area (Å²) in [6.45, 7) is 13.3. The average Bonchev–Trinajstić information content (AvgIpc) is 2.71. The lowest BCUT2D eigenvalue weighted by Gasteiger charge is -2.33. The Kier molecular flexibility index (Phi) is 2.82. The van der Waals surface area contributed by atoms with Gasteiger partial charge in [-0.15, -0.1) is 0 Å². The lowest BCUT2D eigenvalue weighted by atomic mass is 9.97. The van der Waals surface area contributed by atoms with Crippen molar-refractivity contribution < 1.29 is 4.74 Å². The highest BCUT2D eigenvalue weighted by molar-refractivity contribution is 4.96. The van der Waals surface area contributed by atoms with Gasteiger partial charge in [0.25, 0.3) is 0 Å². The largest absolute Gasteiger partial charge is 0.353 e. The zero-order valence-electron chi connectivity index (χ0n) is 10.5. The molecule has 0 aromatic rings. The Morgan fingerprint density at radius 1 is 1.40 bits per heavy atom. The molecule has 2 aliphatic rings. The molecule has 15 heavy (non-hydrogen) atoms. The van der Waals surface area contributed by atoms with Crippen molar-refractivity contribution in [1.82, 2.24) is 10.2 Å². The lowest BCUT2D eigenvalue weighted by molar-refractivity contribution is -0.109. The number of rotatable bonds is 2. The molecule has 2 fully saturated rings. The predicted octanol–water partition coefficient (Wildman–Crippen LogP) is 1.44. The summed E-state index contributed by atoms with van der Waals surface area (Å²) in [5.41, 5.74) is -0.109. The molecule has 2 aliphatic heterocycles. The molecule has 2 saturated heterocycles. The summed E-state index contributed by atoms with van der Waals surface area (Å²) in [6.07, 6.45) is 1.26. The van der Waals surface area contributed by atoms with Crippen LogP contribution in [0.1, 0.15) is 34.1 Å². The van der Waals surface area contributed by atoms with E-state index in [0.29, 0.717) is 5.92 Å². The second-order valence-electron chi connectivity index (χ2n) is 5.70. The van der Waals surface area contributed by atoms with Crippen molar-refractivity contribution in [3.05, 3.63) is 0 Å². The van der Waals surface area contributed by atoms with Crippen molar-refractivity contribution in [2.45, 2.75) is 45.4 Å². The molecule has 88 valence electrons. The van der Waals surface area contributed by atoms with Gasteiger partial charge in [-0.2, -0.15) is 0 Å². The molecular weight excluding hydrogens is 188 g/mol. The number of ether oxygens (including phenoxy) is 1. The van der Waals surface area contributed by atoms with Gasteiger partial charge < -0.3 is 9.64 Å². The summed E-state index contributed by atoms with van der Waals surface area (Å²) in [7, 11) is 0. The van der Waals surface area contributed by atoms with E-state index in [-0.39, 0.29) is 11.3 Å². The number of hydrogen-bond acceptors (Lipinski definition) is 3. The van der Waals surface area contributed by atoms with E-state index in [9.17, 15) is 0 Å². The van der Waals surface area contributed by atoms with Crippen LogP contribution >= 0.6 is 0 Å². The minimum Gasteiger partial charge on any atom is -0.353 e. The molecule has 0 spiro atoms. The van der Waals surface area contributed by atoms with Gasteiger partial charge in [0.15, 0.2) is 0 Å². The van der Waals surface area contributed by atoms with Crippen LogP contribution in [-0.2, 0) is 4.74 Å². The standard InChI is InChI=1S/C12H24N2O/c1-5-14-7-6-10(8-14)12(4)13-9-11(2,3)15-12/h10,13H,5-9H2,1-4H3. The van der Waals surface area contributed by atoms with Crippen LogP contribution in [-0.4, -0.2) is 42.4 Å². The molecule has 0 amide bonds. The number of likely N-dealkylation sites (tertiary alicyclic amines) is 1. The van der Waals surface area contributed by atoms with Gasteiger partial charge in [-0.3, -0.25) is 5.32 Å². The van der Waals surface area contributed by atoms with Gasteiger partial charge in [-0.1, -0.05) is 6.92 Å². The summed E-state index contributed by atoms with van der Waals surface area (Å²) in [6, 6.07) is 0. The van der Waals surface area contributed by atoms with E-state index in [0.717, 1.165) is 13.1 Å². The van der Waals surface area contributed by atoms with E-state index in [2.05, 4.69) is 37.9 Å². The second kappa shape index (κ2) is 3.72. The van der Waals surface area contributed by atoms with E-state index < -0.39 is 0 Å². The number of nitrogens with zero attached hydrogens (tertiary/aromatic N) is 1. The van der Waals surface area contributed by atoms with E-state index in [1.54, 1.807) is 0 Å². The minimum atomic E-state index is -0.104. The van der Waals surface area contributed by atoms with Crippen LogP contribution in [0.2, 0.25) is 0 Å². The third-order valence-electron chi connectivity index (χ3n) is 3.85. The van der Waals surface area contributed by atoms with Crippen LogP contribution in [0.4, 0.5) is 0 Å². The van der Waals surface area contributed by atoms with Crippen LogP contribution in [0.25, 0.3) is 0 Å². The van der Waals surface area contributed by atoms with Gasteiger partial charge in [0, 0.05) is 19.0 Å². The zero-order valence-corrected chi connectivity index (χ0v) is 10.5. The zero-order chi connectivity index (χ0) is 11.1. The smallest absolute Gasteiger partial charge is 0.121 e. The first-order valence-electron chi connectivity index (χ1n) is 6.13. The molecular formula is C12H24N2O. The van der Waals surface area contributed by atoms with Crippen LogP contribution in [0, 0.1) is 5.92 Å². The highest BCUT2D eigenvalue weighted by atomic mass is 16.5. The van der Waals surface area contributed by atoms with E-state index in [1.807, 2.05) is 0 Å². The fourth-order valence-electron chi connectivity index (χ4n) is 2.83. The van der Waals surface area contributed by atoms with Crippen molar-refractivity contribution in [3.8, 4) is 0 Å². The summed E-state index contributed by atoms with van der Waals surface area (Å²) < 4.78 is 6.18. The minimum absolute atomic E-state index is 0.00557. The van der Waals surface area contributed by atoms with Crippen molar-refractivity contribution in [1.29, 1.82) is 0 Å². The molecule has 0 aromatic heterocycles. The Morgan fingerprint density at radius 3 is 2.60 bits per heavy atom. The summed E-state index contributed by atoms with van der Waals surface area (Å²) in [5.74, 6) is 0.638. The van der Waals surface area contributed by atoms with Crippen molar-refractivity contribution in [2.75, 3.05) is 26.2 Å². The van der Waals surface area contributed by atoms with Crippen LogP contribution < -0.4 is 5.32 Å². The molecule has 0 aliphatic carbocycles. The maximum absolute atomic E-state index is 6.18. The third kappa shape index (κ3) is 2.19. The van der Waals surface area contributed by atoms with Gasteiger partial charge >= 0.3 is 0 Å². The Morgan fingerprint density at radius 2 is 2.13 bits per heavy atom.